The van der Waals surface area contributed by atoms with Crippen molar-refractivity contribution in [2.45, 2.75) is 25.8 Å². The molecular weight excluding hydrogens is 356 g/mol. The molecule has 28 heavy (non-hydrogen) atoms. The van der Waals surface area contributed by atoms with E-state index in [1.807, 2.05) is 30.3 Å². The maximum absolute atomic E-state index is 12.3. The van der Waals surface area contributed by atoms with Gasteiger partial charge in [-0.05, 0) is 42.5 Å². The quantitative estimate of drug-likeness (QED) is 0.708. The number of pyridine rings is 1. The largest absolute Gasteiger partial charge is 0.497 e. The number of fused-ring (bicyclic) bond motifs is 1. The molecule has 7 nitrogen and oxygen atoms in total. The maximum Gasteiger partial charge on any atom is 0.298 e. The van der Waals surface area contributed by atoms with Crippen molar-refractivity contribution in [1.82, 2.24) is 15.3 Å². The van der Waals surface area contributed by atoms with E-state index >= 15 is 0 Å². The highest BCUT2D eigenvalue weighted by Crippen LogP contribution is 2.29. The summed E-state index contributed by atoms with van der Waals surface area (Å²) in [5.41, 5.74) is 2.53. The molecular formula is C21H24N4O3. The molecule has 1 aliphatic heterocycles. The highest BCUT2D eigenvalue weighted by molar-refractivity contribution is 5.77. The third-order valence-corrected chi connectivity index (χ3v) is 5.06. The van der Waals surface area contributed by atoms with E-state index in [-0.39, 0.29) is 11.8 Å². The van der Waals surface area contributed by atoms with Crippen LogP contribution in [0.2, 0.25) is 0 Å². The van der Waals surface area contributed by atoms with Gasteiger partial charge in [0.25, 0.3) is 6.01 Å². The predicted octanol–water partition coefficient (Wildman–Crippen LogP) is 3.15. The smallest absolute Gasteiger partial charge is 0.298 e. The molecule has 1 atom stereocenters. The van der Waals surface area contributed by atoms with Gasteiger partial charge in [-0.25, -0.2) is 0 Å². The van der Waals surface area contributed by atoms with Crippen LogP contribution in [0.25, 0.3) is 11.1 Å². The van der Waals surface area contributed by atoms with Crippen LogP contribution in [0, 0.1) is 5.92 Å². The van der Waals surface area contributed by atoms with Gasteiger partial charge in [-0.3, -0.25) is 9.78 Å². The predicted molar refractivity (Wildman–Crippen MR) is 106 cm³/mol. The third kappa shape index (κ3) is 4.24. The Hall–Kier alpha value is -3.09. The second kappa shape index (κ2) is 8.29. The Balaban J connectivity index is 1.35. The van der Waals surface area contributed by atoms with Gasteiger partial charge in [0.15, 0.2) is 5.58 Å². The number of rotatable bonds is 6. The number of hydrogen-bond acceptors (Lipinski definition) is 6. The molecule has 1 unspecified atom stereocenters. The standard InChI is InChI=1S/C21H24N4O3/c1-27-17-6-7-19-18(11-17)24-21(28-19)25-9-3-5-15(14-25)10-20(26)23-13-16-4-2-8-22-12-16/h2,4,6-8,11-12,15H,3,5,9-10,13-14H2,1H3,(H,23,26). The fraction of sp³-hybridized carbons (Fsp3) is 0.381. The van der Waals surface area contributed by atoms with Gasteiger partial charge in [0.1, 0.15) is 11.3 Å². The monoisotopic (exact) mass is 380 g/mol. The first kappa shape index (κ1) is 18.3. The summed E-state index contributed by atoms with van der Waals surface area (Å²) in [7, 11) is 1.64. The van der Waals surface area contributed by atoms with Crippen molar-refractivity contribution in [2.75, 3.05) is 25.1 Å². The van der Waals surface area contributed by atoms with E-state index in [1.165, 1.54) is 0 Å². The number of oxazole rings is 1. The molecule has 2 aromatic heterocycles. The Kier molecular flexibility index (Phi) is 5.41. The summed E-state index contributed by atoms with van der Waals surface area (Å²) in [6.07, 6.45) is 6.05. The van der Waals surface area contributed by atoms with E-state index in [1.54, 1.807) is 19.5 Å². The summed E-state index contributed by atoms with van der Waals surface area (Å²) < 4.78 is 11.2. The number of benzene rings is 1. The molecule has 0 spiro atoms. The van der Waals surface area contributed by atoms with Crippen LogP contribution in [-0.2, 0) is 11.3 Å². The number of hydrogen-bond donors (Lipinski definition) is 1. The van der Waals surface area contributed by atoms with Crippen LogP contribution in [0.1, 0.15) is 24.8 Å². The number of nitrogens with one attached hydrogen (secondary N) is 1. The topological polar surface area (TPSA) is 80.5 Å². The highest BCUT2D eigenvalue weighted by atomic mass is 16.5. The van der Waals surface area contributed by atoms with Crippen LogP contribution >= 0.6 is 0 Å². The summed E-state index contributed by atoms with van der Waals surface area (Å²) in [4.78, 5) is 23.1. The van der Waals surface area contributed by atoms with Crippen molar-refractivity contribution in [2.24, 2.45) is 5.92 Å². The third-order valence-electron chi connectivity index (χ3n) is 5.06. The molecule has 0 radical (unpaired) electrons. The van der Waals surface area contributed by atoms with E-state index in [0.717, 1.165) is 48.3 Å². The van der Waals surface area contributed by atoms with Crippen LogP contribution in [0.15, 0.2) is 47.1 Å². The normalized spacial score (nSPS) is 16.9. The Morgan fingerprint density at radius 2 is 2.32 bits per heavy atom. The molecule has 3 aromatic rings. The fourth-order valence-corrected chi connectivity index (χ4v) is 3.60. The summed E-state index contributed by atoms with van der Waals surface area (Å²) in [5, 5.41) is 2.98. The average Bonchev–Trinajstić information content (AvgIpc) is 3.16. The van der Waals surface area contributed by atoms with E-state index in [2.05, 4.69) is 20.2 Å². The number of amides is 1. The van der Waals surface area contributed by atoms with E-state index in [4.69, 9.17) is 9.15 Å². The van der Waals surface area contributed by atoms with Crippen molar-refractivity contribution < 1.29 is 13.9 Å². The van der Waals surface area contributed by atoms with Crippen LogP contribution < -0.4 is 15.0 Å². The SMILES string of the molecule is COc1ccc2oc(N3CCCC(CC(=O)NCc4cccnc4)C3)nc2c1. The summed E-state index contributed by atoms with van der Waals surface area (Å²) in [6, 6.07) is 10.0. The number of aromatic nitrogens is 2. The van der Waals surface area contributed by atoms with Crippen molar-refractivity contribution >= 4 is 23.0 Å². The minimum atomic E-state index is 0.0676. The van der Waals surface area contributed by atoms with Gasteiger partial charge in [0, 0.05) is 44.5 Å². The molecule has 1 saturated heterocycles. The molecule has 1 aromatic carbocycles. The van der Waals surface area contributed by atoms with Gasteiger partial charge < -0.3 is 19.4 Å². The zero-order valence-corrected chi connectivity index (χ0v) is 15.9. The molecule has 0 bridgehead atoms. The van der Waals surface area contributed by atoms with Crippen LogP contribution in [-0.4, -0.2) is 36.1 Å². The minimum absolute atomic E-state index is 0.0676. The lowest BCUT2D eigenvalue weighted by Gasteiger charge is -2.31. The number of carbonyl (C=O) groups is 1. The molecule has 1 fully saturated rings. The Bertz CT molecular complexity index is 941. The van der Waals surface area contributed by atoms with Crippen molar-refractivity contribution in [1.29, 1.82) is 0 Å². The first-order valence-corrected chi connectivity index (χ1v) is 9.56. The highest BCUT2D eigenvalue weighted by Gasteiger charge is 2.25. The minimum Gasteiger partial charge on any atom is -0.497 e. The Labute approximate surface area is 163 Å². The lowest BCUT2D eigenvalue weighted by molar-refractivity contribution is -0.122. The molecule has 1 aliphatic rings. The van der Waals surface area contributed by atoms with E-state index in [0.29, 0.717) is 19.0 Å². The van der Waals surface area contributed by atoms with Crippen LogP contribution in [0.4, 0.5) is 6.01 Å². The molecule has 0 aliphatic carbocycles. The maximum atomic E-state index is 12.3. The molecule has 3 heterocycles. The Morgan fingerprint density at radius 3 is 3.14 bits per heavy atom. The fourth-order valence-electron chi connectivity index (χ4n) is 3.60. The van der Waals surface area contributed by atoms with Gasteiger partial charge in [0.05, 0.1) is 7.11 Å². The zero-order valence-electron chi connectivity index (χ0n) is 15.9. The van der Waals surface area contributed by atoms with Crippen molar-refractivity contribution in [3.8, 4) is 5.75 Å². The van der Waals surface area contributed by atoms with Gasteiger partial charge >= 0.3 is 0 Å². The molecule has 1 amide bonds. The second-order valence-corrected chi connectivity index (χ2v) is 7.13. The van der Waals surface area contributed by atoms with Crippen LogP contribution in [0.3, 0.4) is 0 Å². The van der Waals surface area contributed by atoms with Gasteiger partial charge in [0.2, 0.25) is 5.91 Å². The Morgan fingerprint density at radius 1 is 1.39 bits per heavy atom. The van der Waals surface area contributed by atoms with E-state index in [9.17, 15) is 4.79 Å². The number of carbonyl (C=O) groups excluding carboxylic acids is 1. The van der Waals surface area contributed by atoms with Crippen molar-refractivity contribution in [3.63, 3.8) is 0 Å². The van der Waals surface area contributed by atoms with Gasteiger partial charge in [-0.1, -0.05) is 6.07 Å². The molecule has 146 valence electrons. The second-order valence-electron chi connectivity index (χ2n) is 7.13. The number of anilines is 1. The molecule has 4 rings (SSSR count). The number of ether oxygens (including phenoxy) is 1. The summed E-state index contributed by atoms with van der Waals surface area (Å²) in [5.74, 6) is 1.11. The first-order valence-electron chi connectivity index (χ1n) is 9.56. The lowest BCUT2D eigenvalue weighted by Crippen LogP contribution is -2.38. The lowest BCUT2D eigenvalue weighted by atomic mass is 9.94. The average molecular weight is 380 g/mol. The molecule has 1 N–H and O–H groups in total. The van der Waals surface area contributed by atoms with Crippen molar-refractivity contribution in [3.05, 3.63) is 48.3 Å². The number of methoxy groups -OCH3 is 1. The summed E-state index contributed by atoms with van der Waals surface area (Å²) in [6.45, 7) is 2.16. The van der Waals surface area contributed by atoms with Gasteiger partial charge in [-0.2, -0.15) is 4.98 Å². The number of nitrogens with zero attached hydrogens (tertiary/aromatic N) is 3. The number of piperidine rings is 1. The van der Waals surface area contributed by atoms with E-state index < -0.39 is 0 Å². The summed E-state index contributed by atoms with van der Waals surface area (Å²) >= 11 is 0. The molecule has 7 heteroatoms. The van der Waals surface area contributed by atoms with Crippen LogP contribution in [0.5, 0.6) is 5.75 Å². The zero-order chi connectivity index (χ0) is 19.3. The van der Waals surface area contributed by atoms with Gasteiger partial charge in [-0.15, -0.1) is 0 Å². The first-order chi connectivity index (χ1) is 13.7. The molecule has 0 saturated carbocycles.